The molecule has 2 heterocycles. The van der Waals surface area contributed by atoms with Crippen LogP contribution in [0.25, 0.3) is 53.2 Å². The number of rotatable bonds is 6. The van der Waals surface area contributed by atoms with Gasteiger partial charge in [0, 0.05) is 37.2 Å². The maximum Gasteiger partial charge on any atom is 0.160 e. The first-order chi connectivity index (χ1) is 25.8. The van der Waals surface area contributed by atoms with E-state index in [9.17, 15) is 0 Å². The summed E-state index contributed by atoms with van der Waals surface area (Å²) in [5, 5.41) is 13.2. The minimum atomic E-state index is -0.240. The minimum absolute atomic E-state index is 0.0415. The Morgan fingerprint density at radius 3 is 1.63 bits per heavy atom. The largest absolute Gasteiger partial charge is 0.352 e. The van der Waals surface area contributed by atoms with Crippen LogP contribution < -0.4 is 15.5 Å². The number of hydrogen-bond acceptors (Lipinski definition) is 4. The second-order valence-electron chi connectivity index (χ2n) is 13.4. The van der Waals surface area contributed by atoms with Gasteiger partial charge in [-0.2, -0.15) is 0 Å². The van der Waals surface area contributed by atoms with Crippen molar-refractivity contribution in [3.8, 4) is 22.3 Å². The van der Waals surface area contributed by atoms with Gasteiger partial charge in [0.2, 0.25) is 0 Å². The van der Waals surface area contributed by atoms with E-state index in [2.05, 4.69) is 204 Å². The molecule has 1 aromatic heterocycles. The van der Waals surface area contributed by atoms with Crippen LogP contribution >= 0.6 is 11.3 Å². The van der Waals surface area contributed by atoms with Crippen LogP contribution in [0.4, 0.5) is 17.1 Å². The van der Waals surface area contributed by atoms with E-state index >= 15 is 0 Å². The first-order valence-corrected chi connectivity index (χ1v) is 18.6. The van der Waals surface area contributed by atoms with Crippen LogP contribution in [-0.4, -0.2) is 6.29 Å². The van der Waals surface area contributed by atoms with Gasteiger partial charge < -0.3 is 10.2 Å². The summed E-state index contributed by atoms with van der Waals surface area (Å²) in [5.74, 6) is 0. The normalized spacial score (nSPS) is 15.4. The Morgan fingerprint density at radius 1 is 0.404 bits per heavy atom. The highest BCUT2D eigenvalue weighted by molar-refractivity contribution is 7.26. The second kappa shape index (κ2) is 12.8. The number of hydrogen-bond donors (Lipinski definition) is 2. The highest BCUT2D eigenvalue weighted by Crippen LogP contribution is 2.45. The number of benzene rings is 8. The molecule has 0 saturated carbocycles. The highest BCUT2D eigenvalue weighted by atomic mass is 32.1. The van der Waals surface area contributed by atoms with E-state index in [1.54, 1.807) is 0 Å². The van der Waals surface area contributed by atoms with E-state index in [0.29, 0.717) is 0 Å². The van der Waals surface area contributed by atoms with Crippen molar-refractivity contribution in [2.24, 2.45) is 0 Å². The average Bonchev–Trinajstić information content (AvgIpc) is 3.62. The minimum Gasteiger partial charge on any atom is -0.352 e. The molecule has 1 aliphatic heterocycles. The van der Waals surface area contributed by atoms with E-state index in [0.717, 1.165) is 17.1 Å². The standard InChI is InChI=1S/C48H35N3S/c1-3-12-32(13-4-1)34-22-27-37(28-23-34)51(38-29-24-35(25-30-38)33-14-5-2-6-15-33)48-49-44-21-10-9-18-42(44)45(50-48)43-20-11-19-40-41-31-26-36-16-7-8-17-39(36)46(41)52-47(40)43/h1-31,45,48-50H. The molecule has 0 spiro atoms. The van der Waals surface area contributed by atoms with E-state index < -0.39 is 0 Å². The third-order valence-electron chi connectivity index (χ3n) is 10.4. The van der Waals surface area contributed by atoms with Crippen molar-refractivity contribution in [1.82, 2.24) is 5.32 Å². The monoisotopic (exact) mass is 685 g/mol. The van der Waals surface area contributed by atoms with E-state index in [4.69, 9.17) is 0 Å². The quantitative estimate of drug-likeness (QED) is 0.182. The lowest BCUT2D eigenvalue weighted by Gasteiger charge is -2.42. The molecule has 8 aromatic carbocycles. The van der Waals surface area contributed by atoms with Gasteiger partial charge in [0.15, 0.2) is 6.29 Å². The molecule has 0 saturated heterocycles. The van der Waals surface area contributed by atoms with Crippen molar-refractivity contribution in [2.45, 2.75) is 12.3 Å². The van der Waals surface area contributed by atoms with Crippen LogP contribution in [0.2, 0.25) is 0 Å². The molecule has 0 aliphatic carbocycles. The van der Waals surface area contributed by atoms with Gasteiger partial charge >= 0.3 is 0 Å². The summed E-state index contributed by atoms with van der Waals surface area (Å²) >= 11 is 1.91. The number of anilines is 3. The Balaban J connectivity index is 1.10. The zero-order valence-corrected chi connectivity index (χ0v) is 29.2. The lowest BCUT2D eigenvalue weighted by Crippen LogP contribution is -2.53. The lowest BCUT2D eigenvalue weighted by atomic mass is 9.93. The third-order valence-corrected chi connectivity index (χ3v) is 11.7. The molecular formula is C48H35N3S. The summed E-state index contributed by atoms with van der Waals surface area (Å²) < 4.78 is 2.67. The number of nitrogens with zero attached hydrogens (tertiary/aromatic N) is 1. The average molecular weight is 686 g/mol. The maximum atomic E-state index is 4.11. The predicted octanol–water partition coefficient (Wildman–Crippen LogP) is 12.8. The number of fused-ring (bicyclic) bond motifs is 6. The number of para-hydroxylation sites is 1. The number of nitrogens with one attached hydrogen (secondary N) is 2. The number of thiophene rings is 1. The van der Waals surface area contributed by atoms with Crippen molar-refractivity contribution < 1.29 is 0 Å². The van der Waals surface area contributed by atoms with Crippen LogP contribution in [0.1, 0.15) is 17.2 Å². The third kappa shape index (κ3) is 5.32. The molecule has 52 heavy (non-hydrogen) atoms. The van der Waals surface area contributed by atoms with Gasteiger partial charge in [-0.3, -0.25) is 5.32 Å². The molecule has 1 aliphatic rings. The molecule has 2 N–H and O–H groups in total. The molecule has 3 nitrogen and oxygen atoms in total. The maximum absolute atomic E-state index is 4.11. The Labute approximate surface area is 307 Å². The van der Waals surface area contributed by atoms with Gasteiger partial charge in [-0.05, 0) is 74.5 Å². The van der Waals surface area contributed by atoms with Crippen molar-refractivity contribution in [3.05, 3.63) is 199 Å². The van der Waals surface area contributed by atoms with Crippen LogP contribution in [-0.2, 0) is 0 Å². The first kappa shape index (κ1) is 30.6. The van der Waals surface area contributed by atoms with E-state index in [1.807, 2.05) is 11.3 Å². The fourth-order valence-electron chi connectivity index (χ4n) is 7.83. The predicted molar refractivity (Wildman–Crippen MR) is 222 cm³/mol. The summed E-state index contributed by atoms with van der Waals surface area (Å²) in [6.07, 6.45) is -0.240. The fourth-order valence-corrected chi connectivity index (χ4v) is 9.21. The van der Waals surface area contributed by atoms with Crippen LogP contribution in [0, 0.1) is 0 Å². The smallest absolute Gasteiger partial charge is 0.160 e. The van der Waals surface area contributed by atoms with Crippen molar-refractivity contribution in [2.75, 3.05) is 10.2 Å². The zero-order chi connectivity index (χ0) is 34.4. The summed E-state index contributed by atoms with van der Waals surface area (Å²) in [6.45, 7) is 0. The van der Waals surface area contributed by atoms with Gasteiger partial charge in [0.25, 0.3) is 0 Å². The van der Waals surface area contributed by atoms with Crippen molar-refractivity contribution in [1.29, 1.82) is 0 Å². The van der Waals surface area contributed by atoms with Gasteiger partial charge in [0.05, 0.1) is 6.04 Å². The summed E-state index contributed by atoms with van der Waals surface area (Å²) in [6, 6.07) is 67.9. The first-order valence-electron chi connectivity index (χ1n) is 17.8. The lowest BCUT2D eigenvalue weighted by molar-refractivity contribution is 0.496. The Bertz CT molecular complexity index is 2600. The van der Waals surface area contributed by atoms with Crippen LogP contribution in [0.15, 0.2) is 188 Å². The van der Waals surface area contributed by atoms with Gasteiger partial charge in [-0.25, -0.2) is 0 Å². The SMILES string of the molecule is c1ccc(-c2ccc(N(c3ccc(-c4ccccc4)cc3)C3Nc4ccccc4C(c4cccc5c4sc4c6ccccc6ccc54)N3)cc2)cc1. The summed E-state index contributed by atoms with van der Waals surface area (Å²) in [5.41, 5.74) is 10.7. The van der Waals surface area contributed by atoms with Crippen molar-refractivity contribution >= 4 is 59.3 Å². The molecule has 0 bridgehead atoms. The van der Waals surface area contributed by atoms with Crippen LogP contribution in [0.5, 0.6) is 0 Å². The van der Waals surface area contributed by atoms with E-state index in [1.165, 1.54) is 64.3 Å². The van der Waals surface area contributed by atoms with Gasteiger partial charge in [-0.15, -0.1) is 11.3 Å². The molecule has 0 radical (unpaired) electrons. The van der Waals surface area contributed by atoms with E-state index in [-0.39, 0.29) is 12.3 Å². The molecule has 9 aromatic rings. The molecule has 10 rings (SSSR count). The Morgan fingerprint density at radius 2 is 0.942 bits per heavy atom. The highest BCUT2D eigenvalue weighted by Gasteiger charge is 2.33. The molecule has 4 heteroatoms. The topological polar surface area (TPSA) is 27.3 Å². The molecule has 2 atom stereocenters. The molecule has 2 unspecified atom stereocenters. The molecular weight excluding hydrogens is 651 g/mol. The molecule has 0 fully saturated rings. The second-order valence-corrected chi connectivity index (χ2v) is 14.4. The summed E-state index contributed by atoms with van der Waals surface area (Å²) in [7, 11) is 0. The zero-order valence-electron chi connectivity index (χ0n) is 28.4. The summed E-state index contributed by atoms with van der Waals surface area (Å²) in [4.78, 5) is 2.39. The van der Waals surface area contributed by atoms with Crippen molar-refractivity contribution in [3.63, 3.8) is 0 Å². The fraction of sp³-hybridized carbons (Fsp3) is 0.0417. The van der Waals surface area contributed by atoms with Gasteiger partial charge in [0.1, 0.15) is 0 Å². The molecule has 248 valence electrons. The Hall–Kier alpha value is -6.20. The Kier molecular flexibility index (Phi) is 7.56. The van der Waals surface area contributed by atoms with Crippen LogP contribution in [0.3, 0.4) is 0 Å². The van der Waals surface area contributed by atoms with Gasteiger partial charge in [-0.1, -0.05) is 158 Å². The molecule has 0 amide bonds.